The summed E-state index contributed by atoms with van der Waals surface area (Å²) in [6.45, 7) is 0. The van der Waals surface area contributed by atoms with E-state index in [1.54, 1.807) is 0 Å². The van der Waals surface area contributed by atoms with Crippen molar-refractivity contribution in [1.82, 2.24) is 0 Å². The van der Waals surface area contributed by atoms with Gasteiger partial charge in [0.05, 0.1) is 11.4 Å². The van der Waals surface area contributed by atoms with Gasteiger partial charge in [0.1, 0.15) is 5.58 Å². The van der Waals surface area contributed by atoms with Gasteiger partial charge in [-0.2, -0.15) is 0 Å². The van der Waals surface area contributed by atoms with Crippen LogP contribution in [0.4, 0.5) is 17.1 Å². The largest absolute Gasteiger partial charge is 0.454 e. The van der Waals surface area contributed by atoms with Crippen molar-refractivity contribution in [2.45, 2.75) is 0 Å². The molecule has 0 radical (unpaired) electrons. The molecule has 9 rings (SSSR count). The molecule has 9 aromatic rings. The Kier molecular flexibility index (Phi) is 5.54. The molecule has 0 unspecified atom stereocenters. The maximum Gasteiger partial charge on any atom is 0.159 e. The molecule has 206 valence electrons. The number of rotatable bonds is 4. The second-order valence-electron chi connectivity index (χ2n) is 11.3. The van der Waals surface area contributed by atoms with Gasteiger partial charge < -0.3 is 9.32 Å². The Balaban J connectivity index is 1.38. The van der Waals surface area contributed by atoms with Gasteiger partial charge in [0, 0.05) is 21.8 Å². The van der Waals surface area contributed by atoms with Crippen molar-refractivity contribution < 1.29 is 4.42 Å². The first-order valence-electron chi connectivity index (χ1n) is 15.0. The van der Waals surface area contributed by atoms with E-state index in [-0.39, 0.29) is 0 Å². The van der Waals surface area contributed by atoms with Crippen LogP contribution >= 0.6 is 0 Å². The van der Waals surface area contributed by atoms with E-state index in [1.165, 1.54) is 43.4 Å². The van der Waals surface area contributed by atoms with Gasteiger partial charge >= 0.3 is 0 Å². The first-order valence-corrected chi connectivity index (χ1v) is 15.0. The third kappa shape index (κ3) is 3.82. The first-order chi connectivity index (χ1) is 21.8. The predicted molar refractivity (Wildman–Crippen MR) is 186 cm³/mol. The molecule has 0 N–H and O–H groups in total. The standard InChI is InChI=1S/C42H27NO/c1-2-11-28(12-3-1)29-21-24-31(25-22-29)43(39-19-10-18-37-36-17-8-9-20-41(36)44-42(37)39)40-27-38-32-14-5-4-13-30(32)23-26-34(38)33-15-6-7-16-35(33)40/h1-27H. The maximum absolute atomic E-state index is 6.63. The Morgan fingerprint density at radius 1 is 0.364 bits per heavy atom. The zero-order chi connectivity index (χ0) is 29.0. The second-order valence-corrected chi connectivity index (χ2v) is 11.3. The number of para-hydroxylation sites is 2. The molecule has 0 fully saturated rings. The molecule has 8 aromatic carbocycles. The van der Waals surface area contributed by atoms with Gasteiger partial charge in [0.15, 0.2) is 5.58 Å². The Morgan fingerprint density at radius 3 is 1.84 bits per heavy atom. The summed E-state index contributed by atoms with van der Waals surface area (Å²) in [6.07, 6.45) is 0. The average Bonchev–Trinajstić information content (AvgIpc) is 3.49. The maximum atomic E-state index is 6.63. The molecule has 0 aliphatic heterocycles. The van der Waals surface area contributed by atoms with Crippen LogP contribution in [0, 0.1) is 0 Å². The highest BCUT2D eigenvalue weighted by Gasteiger charge is 2.22. The molecule has 0 aliphatic carbocycles. The fourth-order valence-corrected chi connectivity index (χ4v) is 6.78. The summed E-state index contributed by atoms with van der Waals surface area (Å²) >= 11 is 0. The van der Waals surface area contributed by atoms with Crippen LogP contribution in [0.5, 0.6) is 0 Å². The number of nitrogens with zero attached hydrogens (tertiary/aromatic N) is 1. The summed E-state index contributed by atoms with van der Waals surface area (Å²) in [5.41, 5.74) is 7.35. The van der Waals surface area contributed by atoms with Gasteiger partial charge in [-0.05, 0) is 68.4 Å². The molecule has 0 spiro atoms. The molecule has 2 nitrogen and oxygen atoms in total. The molecule has 0 atom stereocenters. The molecule has 2 heteroatoms. The van der Waals surface area contributed by atoms with Gasteiger partial charge in [0.25, 0.3) is 0 Å². The Bertz CT molecular complexity index is 2490. The molecule has 0 saturated carbocycles. The van der Waals surface area contributed by atoms with Crippen LogP contribution in [0.3, 0.4) is 0 Å². The SMILES string of the molecule is c1ccc(-c2ccc(N(c3cc4c5ccccc5ccc4c4ccccc34)c3cccc4c3oc3ccccc34)cc2)cc1. The van der Waals surface area contributed by atoms with Gasteiger partial charge in [-0.1, -0.05) is 133 Å². The summed E-state index contributed by atoms with van der Waals surface area (Å²) in [4.78, 5) is 2.38. The Hall–Kier alpha value is -5.86. The summed E-state index contributed by atoms with van der Waals surface area (Å²) < 4.78 is 6.63. The Labute approximate surface area is 255 Å². The molecule has 0 saturated heterocycles. The van der Waals surface area contributed by atoms with Gasteiger partial charge in [-0.3, -0.25) is 0 Å². The van der Waals surface area contributed by atoms with E-state index in [9.17, 15) is 0 Å². The number of fused-ring (bicyclic) bond motifs is 8. The average molecular weight is 562 g/mol. The molecule has 0 aliphatic rings. The Morgan fingerprint density at radius 2 is 1.00 bits per heavy atom. The quantitative estimate of drug-likeness (QED) is 0.199. The topological polar surface area (TPSA) is 16.4 Å². The minimum atomic E-state index is 0.878. The fraction of sp³-hybridized carbons (Fsp3) is 0. The van der Waals surface area contributed by atoms with Gasteiger partial charge in [0.2, 0.25) is 0 Å². The lowest BCUT2D eigenvalue weighted by atomic mass is 9.95. The zero-order valence-corrected chi connectivity index (χ0v) is 23.9. The predicted octanol–water partition coefficient (Wildman–Crippen LogP) is 12.2. The summed E-state index contributed by atoms with van der Waals surface area (Å²) in [5.74, 6) is 0. The fourth-order valence-electron chi connectivity index (χ4n) is 6.78. The van der Waals surface area contributed by atoms with E-state index in [2.05, 4.69) is 163 Å². The summed E-state index contributed by atoms with van der Waals surface area (Å²) in [6, 6.07) is 58.5. The van der Waals surface area contributed by atoms with Crippen LogP contribution in [0.1, 0.15) is 0 Å². The number of hydrogen-bond acceptors (Lipinski definition) is 2. The van der Waals surface area contributed by atoms with Crippen LogP contribution in [0.2, 0.25) is 0 Å². The third-order valence-electron chi connectivity index (χ3n) is 8.84. The molecule has 1 aromatic heterocycles. The van der Waals surface area contributed by atoms with Crippen LogP contribution in [-0.2, 0) is 0 Å². The highest BCUT2D eigenvalue weighted by atomic mass is 16.3. The van der Waals surface area contributed by atoms with Crippen LogP contribution < -0.4 is 4.90 Å². The molecule has 0 amide bonds. The highest BCUT2D eigenvalue weighted by molar-refractivity contribution is 6.22. The molecule has 1 heterocycles. The summed E-state index contributed by atoms with van der Waals surface area (Å²) in [5, 5.41) is 9.63. The molecule has 0 bridgehead atoms. The number of hydrogen-bond donors (Lipinski definition) is 0. The van der Waals surface area contributed by atoms with Gasteiger partial charge in [-0.25, -0.2) is 0 Å². The minimum Gasteiger partial charge on any atom is -0.454 e. The van der Waals surface area contributed by atoms with Crippen LogP contribution in [-0.4, -0.2) is 0 Å². The van der Waals surface area contributed by atoms with Crippen molar-refractivity contribution in [3.05, 3.63) is 164 Å². The second kappa shape index (κ2) is 9.86. The van der Waals surface area contributed by atoms with Crippen molar-refractivity contribution in [2.24, 2.45) is 0 Å². The van der Waals surface area contributed by atoms with E-state index in [4.69, 9.17) is 4.42 Å². The normalized spacial score (nSPS) is 11.6. The van der Waals surface area contributed by atoms with E-state index in [0.29, 0.717) is 0 Å². The lowest BCUT2D eigenvalue weighted by molar-refractivity contribution is 0.669. The van der Waals surface area contributed by atoms with E-state index in [0.717, 1.165) is 39.0 Å². The smallest absolute Gasteiger partial charge is 0.159 e. The van der Waals surface area contributed by atoms with E-state index >= 15 is 0 Å². The number of anilines is 3. The van der Waals surface area contributed by atoms with Crippen molar-refractivity contribution in [1.29, 1.82) is 0 Å². The van der Waals surface area contributed by atoms with Crippen LogP contribution in [0.15, 0.2) is 168 Å². The zero-order valence-electron chi connectivity index (χ0n) is 23.9. The van der Waals surface area contributed by atoms with Crippen molar-refractivity contribution in [3.8, 4) is 11.1 Å². The van der Waals surface area contributed by atoms with Crippen LogP contribution in [0.25, 0.3) is 65.4 Å². The third-order valence-corrected chi connectivity index (χ3v) is 8.84. The monoisotopic (exact) mass is 561 g/mol. The van der Waals surface area contributed by atoms with E-state index in [1.807, 2.05) is 6.07 Å². The van der Waals surface area contributed by atoms with E-state index < -0.39 is 0 Å². The number of furan rings is 1. The minimum absolute atomic E-state index is 0.878. The van der Waals surface area contributed by atoms with Crippen molar-refractivity contribution in [3.63, 3.8) is 0 Å². The molecular weight excluding hydrogens is 534 g/mol. The van der Waals surface area contributed by atoms with Gasteiger partial charge in [-0.15, -0.1) is 0 Å². The first kappa shape index (κ1) is 24.7. The summed E-state index contributed by atoms with van der Waals surface area (Å²) in [7, 11) is 0. The lowest BCUT2D eigenvalue weighted by Gasteiger charge is -2.28. The molecule has 44 heavy (non-hydrogen) atoms. The lowest BCUT2D eigenvalue weighted by Crippen LogP contribution is -2.11. The number of benzene rings is 8. The highest BCUT2D eigenvalue weighted by Crippen LogP contribution is 2.46. The molecular formula is C42H27NO. The van der Waals surface area contributed by atoms with Crippen molar-refractivity contribution in [2.75, 3.05) is 4.90 Å². The van der Waals surface area contributed by atoms with Crippen molar-refractivity contribution >= 4 is 71.3 Å².